The number of aromatic amines is 1. The lowest BCUT2D eigenvalue weighted by Crippen LogP contribution is -2.34. The quantitative estimate of drug-likeness (QED) is 0.661. The highest BCUT2D eigenvalue weighted by molar-refractivity contribution is 7.99. The molecule has 0 unspecified atom stereocenters. The number of amides is 2. The van der Waals surface area contributed by atoms with Crippen LogP contribution in [-0.4, -0.2) is 40.5 Å². The number of aromatic nitrogens is 1. The van der Waals surface area contributed by atoms with Crippen LogP contribution in [0.5, 0.6) is 0 Å². The molecule has 0 saturated heterocycles. The van der Waals surface area contributed by atoms with Gasteiger partial charge in [-0.2, -0.15) is 0 Å². The molecule has 0 radical (unpaired) electrons. The maximum atomic E-state index is 13.0. The molecule has 29 heavy (non-hydrogen) atoms. The number of benzene rings is 2. The maximum Gasteiger partial charge on any atom is 0.254 e. The fraction of sp³-hybridized carbons (Fsp3) is 0.217. The Balaban J connectivity index is 1.35. The number of fused-ring (bicyclic) bond motifs is 2. The molecule has 146 valence electrons. The Morgan fingerprint density at radius 2 is 2.00 bits per heavy atom. The Bertz CT molecular complexity index is 1150. The third-order valence-electron chi connectivity index (χ3n) is 5.52. The van der Waals surface area contributed by atoms with Gasteiger partial charge in [0.05, 0.1) is 5.69 Å². The molecular weight excluding hydrogens is 382 g/mol. The third-order valence-corrected chi connectivity index (χ3v) is 6.59. The van der Waals surface area contributed by atoms with E-state index in [1.807, 2.05) is 35.2 Å². The van der Waals surface area contributed by atoms with E-state index < -0.39 is 0 Å². The van der Waals surface area contributed by atoms with Crippen molar-refractivity contribution >= 4 is 45.7 Å². The molecule has 5 rings (SSSR count). The van der Waals surface area contributed by atoms with Gasteiger partial charge in [-0.15, -0.1) is 11.8 Å². The van der Waals surface area contributed by atoms with E-state index in [1.54, 1.807) is 11.8 Å². The van der Waals surface area contributed by atoms with Crippen molar-refractivity contribution in [2.75, 3.05) is 24.2 Å². The summed E-state index contributed by atoms with van der Waals surface area (Å²) < 4.78 is 0. The van der Waals surface area contributed by atoms with Crippen molar-refractivity contribution in [1.29, 1.82) is 0 Å². The molecule has 3 aromatic rings. The van der Waals surface area contributed by atoms with Crippen LogP contribution >= 0.6 is 11.8 Å². The van der Waals surface area contributed by atoms with E-state index in [0.29, 0.717) is 25.1 Å². The third kappa shape index (κ3) is 3.44. The number of hydrogen-bond acceptors (Lipinski definition) is 3. The average Bonchev–Trinajstić information content (AvgIpc) is 3.09. The number of thioether (sulfide) groups is 1. The van der Waals surface area contributed by atoms with Crippen LogP contribution in [0.2, 0.25) is 0 Å². The molecule has 0 aliphatic carbocycles. The van der Waals surface area contributed by atoms with Crippen molar-refractivity contribution in [1.82, 2.24) is 9.88 Å². The van der Waals surface area contributed by atoms with Crippen molar-refractivity contribution in [3.63, 3.8) is 0 Å². The normalized spacial score (nSPS) is 16.8. The summed E-state index contributed by atoms with van der Waals surface area (Å²) in [5.74, 6) is 0.773. The van der Waals surface area contributed by atoms with Crippen LogP contribution in [0.25, 0.3) is 16.5 Å². The second-order valence-electron chi connectivity index (χ2n) is 7.34. The Morgan fingerprint density at radius 3 is 2.86 bits per heavy atom. The van der Waals surface area contributed by atoms with E-state index >= 15 is 0 Å². The molecule has 6 heteroatoms. The summed E-state index contributed by atoms with van der Waals surface area (Å²) in [6.07, 6.45) is 5.53. The molecule has 2 amide bonds. The van der Waals surface area contributed by atoms with Crippen LogP contribution in [-0.2, 0) is 4.79 Å². The van der Waals surface area contributed by atoms with Crippen molar-refractivity contribution < 1.29 is 9.59 Å². The second-order valence-corrected chi connectivity index (χ2v) is 8.47. The molecule has 0 saturated carbocycles. The maximum absolute atomic E-state index is 13.0. The molecule has 0 spiro atoms. The molecule has 0 bridgehead atoms. The monoisotopic (exact) mass is 403 g/mol. The average molecular weight is 404 g/mol. The van der Waals surface area contributed by atoms with Gasteiger partial charge in [0, 0.05) is 58.4 Å². The van der Waals surface area contributed by atoms with Crippen molar-refractivity contribution in [2.24, 2.45) is 0 Å². The summed E-state index contributed by atoms with van der Waals surface area (Å²) in [5, 5.41) is 4.14. The zero-order valence-electron chi connectivity index (χ0n) is 15.9. The number of rotatable bonds is 2. The van der Waals surface area contributed by atoms with Crippen molar-refractivity contribution in [3.05, 3.63) is 65.9 Å². The van der Waals surface area contributed by atoms with Gasteiger partial charge in [-0.1, -0.05) is 24.3 Å². The summed E-state index contributed by atoms with van der Waals surface area (Å²) in [7, 11) is 0. The van der Waals surface area contributed by atoms with Gasteiger partial charge in [0.1, 0.15) is 0 Å². The van der Waals surface area contributed by atoms with Crippen LogP contribution in [0.1, 0.15) is 28.8 Å². The van der Waals surface area contributed by atoms with E-state index in [2.05, 4.69) is 34.7 Å². The first kappa shape index (κ1) is 18.1. The number of para-hydroxylation sites is 1. The highest BCUT2D eigenvalue weighted by atomic mass is 32.2. The molecule has 0 atom stereocenters. The first-order chi connectivity index (χ1) is 14.2. The Kier molecular flexibility index (Phi) is 4.64. The SMILES string of the molecule is O=C1CCSc2ccc(C(=O)N3CC=C(c4c[nH]c5ccccc45)CC3)cc2N1. The smallest absolute Gasteiger partial charge is 0.254 e. The zero-order valence-corrected chi connectivity index (χ0v) is 16.7. The standard InChI is InChI=1S/C23H21N3O2S/c27-22-9-12-29-21-6-5-16(13-20(21)25-22)23(28)26-10-7-15(8-11-26)18-14-24-19-4-2-1-3-17(18)19/h1-7,13-14,24H,8-12H2,(H,25,27). The molecule has 1 aromatic heterocycles. The van der Waals surface area contributed by atoms with Crippen LogP contribution in [0.4, 0.5) is 5.69 Å². The first-order valence-electron chi connectivity index (χ1n) is 9.80. The van der Waals surface area contributed by atoms with Crippen LogP contribution in [0.3, 0.4) is 0 Å². The number of hydrogen-bond donors (Lipinski definition) is 2. The van der Waals surface area contributed by atoms with Crippen molar-refractivity contribution in [2.45, 2.75) is 17.7 Å². The number of H-pyrrole nitrogens is 1. The molecule has 2 N–H and O–H groups in total. The van der Waals surface area contributed by atoms with Gasteiger partial charge < -0.3 is 15.2 Å². The van der Waals surface area contributed by atoms with Crippen LogP contribution < -0.4 is 5.32 Å². The summed E-state index contributed by atoms with van der Waals surface area (Å²) in [6.45, 7) is 1.27. The number of nitrogens with one attached hydrogen (secondary N) is 2. The molecule has 2 aliphatic heterocycles. The summed E-state index contributed by atoms with van der Waals surface area (Å²) in [4.78, 5) is 31.1. The van der Waals surface area contributed by atoms with Gasteiger partial charge in [0.15, 0.2) is 0 Å². The van der Waals surface area contributed by atoms with Crippen LogP contribution in [0, 0.1) is 0 Å². The summed E-state index contributed by atoms with van der Waals surface area (Å²) >= 11 is 1.65. The summed E-state index contributed by atoms with van der Waals surface area (Å²) in [5.41, 5.74) is 4.99. The van der Waals surface area contributed by atoms with Crippen molar-refractivity contribution in [3.8, 4) is 0 Å². The largest absolute Gasteiger partial charge is 0.361 e. The van der Waals surface area contributed by atoms with Gasteiger partial charge in [-0.25, -0.2) is 0 Å². The lowest BCUT2D eigenvalue weighted by atomic mass is 9.98. The fourth-order valence-corrected chi connectivity index (χ4v) is 4.91. The minimum absolute atomic E-state index is 0.00475. The van der Waals surface area contributed by atoms with Gasteiger partial charge in [0.25, 0.3) is 5.91 Å². The number of carbonyl (C=O) groups is 2. The Morgan fingerprint density at radius 1 is 1.10 bits per heavy atom. The minimum Gasteiger partial charge on any atom is -0.361 e. The van der Waals surface area contributed by atoms with Gasteiger partial charge in [-0.05, 0) is 36.3 Å². The minimum atomic E-state index is 0.00475. The van der Waals surface area contributed by atoms with Gasteiger partial charge in [0.2, 0.25) is 5.91 Å². The van der Waals surface area contributed by atoms with Crippen LogP contribution in [0.15, 0.2) is 59.6 Å². The Hall–Kier alpha value is -2.99. The molecular formula is C23H21N3O2S. The number of anilines is 1. The van der Waals surface area contributed by atoms with Gasteiger partial charge in [-0.3, -0.25) is 9.59 Å². The molecule has 2 aromatic carbocycles. The zero-order chi connectivity index (χ0) is 19.8. The predicted octanol–water partition coefficient (Wildman–Crippen LogP) is 4.53. The lowest BCUT2D eigenvalue weighted by molar-refractivity contribution is -0.115. The topological polar surface area (TPSA) is 65.2 Å². The number of carbonyl (C=O) groups excluding carboxylic acids is 2. The molecule has 0 fully saturated rings. The number of nitrogens with zero attached hydrogens (tertiary/aromatic N) is 1. The second kappa shape index (κ2) is 7.44. The fourth-order valence-electron chi connectivity index (χ4n) is 3.97. The molecule has 3 heterocycles. The van der Waals surface area contributed by atoms with E-state index in [4.69, 9.17) is 0 Å². The molecule has 2 aliphatic rings. The van der Waals surface area contributed by atoms with E-state index in [0.717, 1.165) is 28.3 Å². The van der Waals surface area contributed by atoms with Gasteiger partial charge >= 0.3 is 0 Å². The van der Waals surface area contributed by atoms with E-state index in [-0.39, 0.29) is 11.8 Å². The predicted molar refractivity (Wildman–Crippen MR) is 117 cm³/mol. The highest BCUT2D eigenvalue weighted by Gasteiger charge is 2.22. The molecule has 5 nitrogen and oxygen atoms in total. The van der Waals surface area contributed by atoms with E-state index in [9.17, 15) is 9.59 Å². The summed E-state index contributed by atoms with van der Waals surface area (Å²) in [6, 6.07) is 13.9. The lowest BCUT2D eigenvalue weighted by Gasteiger charge is -2.27. The van der Waals surface area contributed by atoms with E-state index in [1.165, 1.54) is 16.5 Å². The highest BCUT2D eigenvalue weighted by Crippen LogP contribution is 2.33. The Labute approximate surface area is 173 Å². The first-order valence-corrected chi connectivity index (χ1v) is 10.8.